The van der Waals surface area contributed by atoms with Crippen LogP contribution in [0.4, 0.5) is 8.78 Å². The van der Waals surface area contributed by atoms with E-state index in [-0.39, 0.29) is 23.0 Å². The largest absolute Gasteiger partial charge is 0.461 e. The summed E-state index contributed by atoms with van der Waals surface area (Å²) in [6, 6.07) is 47.7. The van der Waals surface area contributed by atoms with E-state index in [4.69, 9.17) is 9.47 Å². The zero-order valence-corrected chi connectivity index (χ0v) is 65.9. The monoisotopic (exact) mass is 1590 g/mol. The van der Waals surface area contributed by atoms with Gasteiger partial charge in [-0.3, -0.25) is 0 Å². The van der Waals surface area contributed by atoms with Gasteiger partial charge in [-0.05, 0) is 131 Å². The molecule has 0 saturated carbocycles. The summed E-state index contributed by atoms with van der Waals surface area (Å²) in [5, 5.41) is 6.33. The van der Waals surface area contributed by atoms with Gasteiger partial charge >= 0.3 is 11.9 Å². The van der Waals surface area contributed by atoms with E-state index in [1.807, 2.05) is 64.3 Å². The number of carbonyl (C=O) groups is 2. The number of hydrogen-bond acceptors (Lipinski definition) is 16. The van der Waals surface area contributed by atoms with Crippen LogP contribution in [0.3, 0.4) is 0 Å². The van der Waals surface area contributed by atoms with Crippen molar-refractivity contribution in [3.05, 3.63) is 174 Å². The van der Waals surface area contributed by atoms with Crippen LogP contribution >= 0.6 is 152 Å². The SMILES string of the molecule is CCCCCCCCOC(=O)c1sc2c(-c3cc4c(-c5ccc(C)s5)c5sc(-c6ccccc6)cc5c(-c5ccc(C)s5)c4s3)sc(-c3cc4c(-c5ccc(C)s5)c5sc(-c6sc(-c7ccccc7)c7c(F)c(C(=O)OCCCCCCBr)sc67)cc5c(-c5ccc(C)s5)c4s3)c2c1F. The number of halogens is 3. The van der Waals surface area contributed by atoms with E-state index in [0.717, 1.165) is 159 Å². The minimum atomic E-state index is -0.627. The van der Waals surface area contributed by atoms with Crippen LogP contribution < -0.4 is 0 Å². The molecule has 0 radical (unpaired) electrons. The molecule has 0 atom stereocenters. The molecule has 19 heteroatoms. The summed E-state index contributed by atoms with van der Waals surface area (Å²) in [6.45, 7) is 11.3. The topological polar surface area (TPSA) is 52.6 Å². The first-order valence-electron chi connectivity index (χ1n) is 33.2. The lowest BCUT2D eigenvalue weighted by molar-refractivity contribution is 0.0489. The molecule has 500 valence electrons. The molecule has 12 aromatic heterocycles. The molecule has 0 saturated heterocycles. The number of ether oxygens (including phenoxy) is 2. The van der Waals surface area contributed by atoms with Crippen LogP contribution in [0, 0.1) is 39.3 Å². The standard InChI is InChI=1S/C80H63BrF2O4S12/c1-6-7-8-9-11-20-35-86-80(85)78-66(83)64-72(97-74(76(64)99-78)58-40-49-60(52-31-27-42(3)89-52)68-47(37-55(92-68)45-22-15-13-16-23-45)59(70(49)95-58)51-30-26-41(2)88-51)56-38-48-61(53-32-28-43(4)90-53)71-50(62(69(48)93-56)54-33-29-44(5)91-54)39-57(94-71)73-75-63(67(96-73)46-24-17-14-18-25-46)65(82)77(98-75)79(84)87-36-21-12-10-19-34-81/h13-18,22-33,37-40H,6-12,19-21,34-36H2,1-5H3. The fraction of sp³-hybridized carbons (Fsp3) is 0.225. The van der Waals surface area contributed by atoms with Crippen LogP contribution in [0.15, 0.2) is 133 Å². The lowest BCUT2D eigenvalue weighted by atomic mass is 9.99. The highest BCUT2D eigenvalue weighted by atomic mass is 79.9. The maximum atomic E-state index is 18.4. The molecule has 0 fully saturated rings. The molecule has 0 bridgehead atoms. The number of unbranched alkanes of at least 4 members (excludes halogenated alkanes) is 8. The third kappa shape index (κ3) is 12.7. The lowest BCUT2D eigenvalue weighted by Crippen LogP contribution is -2.06. The van der Waals surface area contributed by atoms with Gasteiger partial charge in [0.05, 0.1) is 37.2 Å². The van der Waals surface area contributed by atoms with Crippen molar-refractivity contribution in [3.8, 4) is 91.9 Å². The molecule has 12 heterocycles. The van der Waals surface area contributed by atoms with Gasteiger partial charge in [-0.25, -0.2) is 18.4 Å². The van der Waals surface area contributed by atoms with Gasteiger partial charge in [0, 0.05) is 142 Å². The predicted molar refractivity (Wildman–Crippen MR) is 440 cm³/mol. The highest BCUT2D eigenvalue weighted by Gasteiger charge is 2.34. The number of thiophene rings is 12. The van der Waals surface area contributed by atoms with Crippen molar-refractivity contribution >= 4 is 224 Å². The number of hydrogen-bond donors (Lipinski definition) is 0. The molecule has 0 N–H and O–H groups in total. The molecule has 0 unspecified atom stereocenters. The second-order valence-corrected chi connectivity index (χ2v) is 39.1. The number of benzene rings is 4. The van der Waals surface area contributed by atoms with E-state index in [0.29, 0.717) is 10.8 Å². The maximum Gasteiger partial charge on any atom is 0.351 e. The first kappa shape index (κ1) is 67.6. The van der Waals surface area contributed by atoms with Crippen molar-refractivity contribution in [1.29, 1.82) is 0 Å². The zero-order chi connectivity index (χ0) is 67.7. The summed E-state index contributed by atoms with van der Waals surface area (Å²) in [6.07, 6.45) is 9.94. The van der Waals surface area contributed by atoms with Gasteiger partial charge in [0.2, 0.25) is 0 Å². The van der Waals surface area contributed by atoms with Crippen molar-refractivity contribution in [1.82, 2.24) is 0 Å². The zero-order valence-electron chi connectivity index (χ0n) is 54.6. The van der Waals surface area contributed by atoms with Gasteiger partial charge in [0.15, 0.2) is 11.6 Å². The Labute approximate surface area is 629 Å². The van der Waals surface area contributed by atoms with Crippen LogP contribution in [0.5, 0.6) is 0 Å². The molecule has 0 spiro atoms. The molecule has 4 aromatic carbocycles. The van der Waals surface area contributed by atoms with E-state index in [2.05, 4.69) is 154 Å². The molecule has 16 aromatic rings. The van der Waals surface area contributed by atoms with Gasteiger partial charge < -0.3 is 9.47 Å². The second-order valence-electron chi connectivity index (χ2n) is 24.8. The summed E-state index contributed by atoms with van der Waals surface area (Å²) < 4.78 is 53.6. The van der Waals surface area contributed by atoms with E-state index in [9.17, 15) is 9.59 Å². The summed E-state index contributed by atoms with van der Waals surface area (Å²) >= 11 is 23.3. The number of aryl methyl sites for hydroxylation is 4. The van der Waals surface area contributed by atoms with Crippen LogP contribution in [0.2, 0.25) is 0 Å². The summed E-state index contributed by atoms with van der Waals surface area (Å²) in [5.41, 5.74) is 6.67. The summed E-state index contributed by atoms with van der Waals surface area (Å²) in [5.74, 6) is -2.32. The van der Waals surface area contributed by atoms with Crippen molar-refractivity contribution < 1.29 is 27.8 Å². The van der Waals surface area contributed by atoms with Crippen molar-refractivity contribution in [2.24, 2.45) is 0 Å². The Balaban J connectivity index is 0.907. The third-order valence-corrected chi connectivity index (χ3v) is 32.8. The first-order chi connectivity index (χ1) is 48.3. The predicted octanol–water partition coefficient (Wildman–Crippen LogP) is 30.5. The number of fused-ring (bicyclic) bond motifs is 6. The third-order valence-electron chi connectivity index (χ3n) is 18.0. The smallest absolute Gasteiger partial charge is 0.351 e. The fourth-order valence-electron chi connectivity index (χ4n) is 13.3. The number of alkyl halides is 1. The molecule has 0 aliphatic heterocycles. The van der Waals surface area contributed by atoms with E-state index in [1.165, 1.54) is 94.7 Å². The average molecular weight is 1590 g/mol. The summed E-state index contributed by atoms with van der Waals surface area (Å²) in [4.78, 5) is 45.4. The lowest BCUT2D eigenvalue weighted by Gasteiger charge is -2.09. The van der Waals surface area contributed by atoms with Crippen LogP contribution in [-0.4, -0.2) is 30.5 Å². The van der Waals surface area contributed by atoms with E-state index in [1.54, 1.807) is 79.4 Å². The quantitative estimate of drug-likeness (QED) is 0.0344. The molecule has 99 heavy (non-hydrogen) atoms. The molecular weight excluding hydrogens is 1530 g/mol. The highest BCUT2D eigenvalue weighted by molar-refractivity contribution is 9.09. The van der Waals surface area contributed by atoms with E-state index >= 15 is 8.78 Å². The van der Waals surface area contributed by atoms with Crippen LogP contribution in [0.25, 0.3) is 152 Å². The average Bonchev–Trinajstić information content (AvgIpc) is 1.56. The van der Waals surface area contributed by atoms with Gasteiger partial charge in [-0.2, -0.15) is 0 Å². The Morgan fingerprint density at radius 3 is 1.11 bits per heavy atom. The van der Waals surface area contributed by atoms with Crippen LogP contribution in [0.1, 0.15) is 110 Å². The van der Waals surface area contributed by atoms with Gasteiger partial charge in [-0.1, -0.05) is 128 Å². The molecule has 0 aliphatic rings. The Morgan fingerprint density at radius 1 is 0.354 bits per heavy atom. The number of carbonyl (C=O) groups excluding carboxylic acids is 2. The molecule has 16 rings (SSSR count). The first-order valence-corrected chi connectivity index (χ1v) is 44.1. The van der Waals surface area contributed by atoms with Gasteiger partial charge in [0.25, 0.3) is 0 Å². The fourth-order valence-corrected chi connectivity index (χ4v) is 28.1. The Kier molecular flexibility index (Phi) is 19.6. The minimum Gasteiger partial charge on any atom is -0.461 e. The number of esters is 2. The second kappa shape index (κ2) is 28.7. The van der Waals surface area contributed by atoms with Crippen molar-refractivity contribution in [3.63, 3.8) is 0 Å². The Morgan fingerprint density at radius 2 is 0.707 bits per heavy atom. The van der Waals surface area contributed by atoms with Gasteiger partial charge in [0.1, 0.15) is 9.75 Å². The van der Waals surface area contributed by atoms with Crippen molar-refractivity contribution in [2.75, 3.05) is 18.5 Å². The van der Waals surface area contributed by atoms with Crippen molar-refractivity contribution in [2.45, 2.75) is 98.8 Å². The van der Waals surface area contributed by atoms with E-state index < -0.39 is 23.6 Å². The van der Waals surface area contributed by atoms with Crippen LogP contribution in [-0.2, 0) is 9.47 Å². The molecule has 4 nitrogen and oxygen atoms in total. The minimum absolute atomic E-state index is 0.00311. The molecule has 0 amide bonds. The molecular formula is C80H63BrF2O4S12. The molecule has 0 aliphatic carbocycles. The summed E-state index contributed by atoms with van der Waals surface area (Å²) in [7, 11) is 0. The number of rotatable bonds is 24. The maximum absolute atomic E-state index is 18.4. The Bertz CT molecular complexity index is 5530. The van der Waals surface area contributed by atoms with Gasteiger partial charge in [-0.15, -0.1) is 136 Å². The Hall–Kier alpha value is -5.88. The highest BCUT2D eigenvalue weighted by Crippen LogP contribution is 2.61. The normalized spacial score (nSPS) is 12.0.